The molecule has 2 aliphatic rings. The Hall–Kier alpha value is -2.69. The topological polar surface area (TPSA) is 135 Å². The minimum atomic E-state index is -0.183. The fraction of sp³-hybridized carbons (Fsp3) is 0.917. The third-order valence-electron chi connectivity index (χ3n) is 15.7. The van der Waals surface area contributed by atoms with E-state index in [-0.39, 0.29) is 46.1 Å². The molecule has 0 heterocycles. The number of ether oxygens (including phenoxy) is 5. The van der Waals surface area contributed by atoms with Gasteiger partial charge in [0.05, 0.1) is 33.0 Å². The van der Waals surface area contributed by atoms with Crippen LogP contribution in [-0.4, -0.2) is 87.4 Å². The third kappa shape index (κ3) is 32.3. The first-order valence-electron chi connectivity index (χ1n) is 29.8. The number of esters is 5. The molecule has 0 aromatic heterocycles. The number of rotatable bonds is 46. The molecule has 2 bridgehead atoms. The number of carbonyl (C=O) groups excluding carboxylic acids is 5. The van der Waals surface area contributed by atoms with Crippen molar-refractivity contribution in [2.75, 3.05) is 52.7 Å². The molecule has 0 aromatic rings. The Labute approximate surface area is 434 Å². The molecule has 0 radical (unpaired) electrons. The number of hydrogen-bond donors (Lipinski definition) is 0. The molecule has 0 aliphatic heterocycles. The number of fused-ring (bicyclic) bond motifs is 2. The van der Waals surface area contributed by atoms with Gasteiger partial charge in [0.2, 0.25) is 0 Å². The molecule has 4 atom stereocenters. The molecule has 0 amide bonds. The lowest BCUT2D eigenvalue weighted by Crippen LogP contribution is -2.47. The van der Waals surface area contributed by atoms with E-state index in [1.54, 1.807) is 0 Å². The van der Waals surface area contributed by atoms with Crippen molar-refractivity contribution in [1.82, 2.24) is 4.90 Å². The minimum Gasteiger partial charge on any atom is -0.466 e. The van der Waals surface area contributed by atoms with Gasteiger partial charge in [0.1, 0.15) is 0 Å². The summed E-state index contributed by atoms with van der Waals surface area (Å²) in [4.78, 5) is 64.6. The summed E-state index contributed by atoms with van der Waals surface area (Å²) in [7, 11) is 0. The second kappa shape index (κ2) is 39.7. The van der Waals surface area contributed by atoms with E-state index in [2.05, 4.69) is 46.4 Å². The van der Waals surface area contributed by atoms with Gasteiger partial charge in [-0.2, -0.15) is 0 Å². The van der Waals surface area contributed by atoms with Gasteiger partial charge in [0, 0.05) is 32.1 Å². The summed E-state index contributed by atoms with van der Waals surface area (Å²) in [5.74, 6) is -0.135. The maximum Gasteiger partial charge on any atom is 0.305 e. The van der Waals surface area contributed by atoms with Crippen LogP contribution in [0.2, 0.25) is 0 Å². The first-order valence-corrected chi connectivity index (χ1v) is 29.8. The van der Waals surface area contributed by atoms with Crippen molar-refractivity contribution < 1.29 is 47.7 Å². The fourth-order valence-corrected chi connectivity index (χ4v) is 12.3. The first kappa shape index (κ1) is 64.4. The molecule has 4 unspecified atom stereocenters. The van der Waals surface area contributed by atoms with E-state index in [4.69, 9.17) is 23.7 Å². The van der Waals surface area contributed by atoms with Gasteiger partial charge in [-0.05, 0) is 157 Å². The second-order valence-electron chi connectivity index (χ2n) is 22.9. The monoisotopic (exact) mass is 1000 g/mol. The van der Waals surface area contributed by atoms with Crippen molar-refractivity contribution in [3.05, 3.63) is 0 Å². The van der Waals surface area contributed by atoms with E-state index < -0.39 is 0 Å². The van der Waals surface area contributed by atoms with Crippen LogP contribution in [0.15, 0.2) is 0 Å². The molecule has 71 heavy (non-hydrogen) atoms. The van der Waals surface area contributed by atoms with Crippen LogP contribution < -0.4 is 0 Å². The zero-order chi connectivity index (χ0) is 51.9. The van der Waals surface area contributed by atoms with Crippen LogP contribution in [-0.2, 0) is 47.7 Å². The quantitative estimate of drug-likeness (QED) is 0.0328. The molecule has 11 nitrogen and oxygen atoms in total. The van der Waals surface area contributed by atoms with Gasteiger partial charge >= 0.3 is 29.8 Å². The van der Waals surface area contributed by atoms with Gasteiger partial charge in [-0.15, -0.1) is 0 Å². The lowest BCUT2D eigenvalue weighted by molar-refractivity contribution is -0.146. The van der Waals surface area contributed by atoms with Gasteiger partial charge in [-0.1, -0.05) is 131 Å². The van der Waals surface area contributed by atoms with Gasteiger partial charge in [-0.25, -0.2) is 0 Å². The van der Waals surface area contributed by atoms with Crippen LogP contribution >= 0.6 is 0 Å². The summed E-state index contributed by atoms with van der Waals surface area (Å²) in [6, 6.07) is 0. The van der Waals surface area contributed by atoms with Gasteiger partial charge in [0.25, 0.3) is 0 Å². The molecule has 2 saturated carbocycles. The Morgan fingerprint density at radius 1 is 0.380 bits per heavy atom. The second-order valence-corrected chi connectivity index (χ2v) is 22.9. The van der Waals surface area contributed by atoms with Gasteiger partial charge < -0.3 is 28.6 Å². The Kier molecular flexibility index (Phi) is 36.1. The number of hydrogen-bond acceptors (Lipinski definition) is 11. The van der Waals surface area contributed by atoms with Gasteiger partial charge in [0.15, 0.2) is 0 Å². The largest absolute Gasteiger partial charge is 0.466 e. The molecule has 11 heteroatoms. The van der Waals surface area contributed by atoms with Crippen LogP contribution in [0.5, 0.6) is 0 Å². The van der Waals surface area contributed by atoms with E-state index in [0.29, 0.717) is 96.7 Å². The van der Waals surface area contributed by atoms with Crippen LogP contribution in [0.1, 0.15) is 279 Å². The lowest BCUT2D eigenvalue weighted by atomic mass is 9.47. The minimum absolute atomic E-state index is 0.0924. The first-order chi connectivity index (χ1) is 34.3. The molecular formula is C60H109NO10. The summed E-state index contributed by atoms with van der Waals surface area (Å²) in [5.41, 5.74) is 0.406. The smallest absolute Gasteiger partial charge is 0.305 e. The van der Waals surface area contributed by atoms with Crippen molar-refractivity contribution in [2.45, 2.75) is 279 Å². The predicted molar refractivity (Wildman–Crippen MR) is 287 cm³/mol. The highest BCUT2D eigenvalue weighted by Crippen LogP contribution is 2.64. The summed E-state index contributed by atoms with van der Waals surface area (Å²) in [6.07, 6.45) is 35.9. The molecule has 414 valence electrons. The van der Waals surface area contributed by atoms with Crippen molar-refractivity contribution in [3.63, 3.8) is 0 Å². The highest BCUT2D eigenvalue weighted by atomic mass is 16.5. The Morgan fingerprint density at radius 3 is 1.06 bits per heavy atom. The van der Waals surface area contributed by atoms with E-state index in [0.717, 1.165) is 116 Å². The van der Waals surface area contributed by atoms with E-state index in [1.807, 2.05) is 0 Å². The van der Waals surface area contributed by atoms with Crippen molar-refractivity contribution in [2.24, 2.45) is 22.2 Å². The SMILES string of the molecule is CCCCCCCCCCC(=O)OCCCCC(=O)OCCCC1(C)CC2CC(C)(CCCOC(=O)CCCN(CC)CC)CC(CCCOC(=O)CCCCOC(=O)CCCCCCCCCC)(C2)C1. The summed E-state index contributed by atoms with van der Waals surface area (Å²) < 4.78 is 28.1. The van der Waals surface area contributed by atoms with Crippen LogP contribution in [0, 0.1) is 22.2 Å². The van der Waals surface area contributed by atoms with Crippen LogP contribution in [0.4, 0.5) is 0 Å². The average molecular weight is 1000 g/mol. The highest BCUT2D eigenvalue weighted by Gasteiger charge is 2.52. The zero-order valence-electron chi connectivity index (χ0n) is 46.9. The predicted octanol–water partition coefficient (Wildman–Crippen LogP) is 15.2. The van der Waals surface area contributed by atoms with Crippen molar-refractivity contribution >= 4 is 29.8 Å². The molecule has 2 fully saturated rings. The van der Waals surface area contributed by atoms with Gasteiger partial charge in [-0.3, -0.25) is 24.0 Å². The summed E-state index contributed by atoms with van der Waals surface area (Å²) >= 11 is 0. The fourth-order valence-electron chi connectivity index (χ4n) is 12.3. The van der Waals surface area contributed by atoms with Crippen LogP contribution in [0.25, 0.3) is 0 Å². The third-order valence-corrected chi connectivity index (χ3v) is 15.7. The maximum atomic E-state index is 12.8. The number of nitrogens with zero attached hydrogens (tertiary/aromatic N) is 1. The number of carbonyl (C=O) groups is 5. The molecule has 0 N–H and O–H groups in total. The van der Waals surface area contributed by atoms with Crippen molar-refractivity contribution in [3.8, 4) is 0 Å². The van der Waals surface area contributed by atoms with Crippen LogP contribution in [0.3, 0.4) is 0 Å². The molecule has 2 rings (SSSR count). The Balaban J connectivity index is 1.79. The van der Waals surface area contributed by atoms with E-state index in [1.165, 1.54) is 83.5 Å². The lowest BCUT2D eigenvalue weighted by Gasteiger charge is -2.58. The molecule has 0 spiro atoms. The van der Waals surface area contributed by atoms with E-state index >= 15 is 0 Å². The molecule has 0 aromatic carbocycles. The molecule has 0 saturated heterocycles. The number of unbranched alkanes of at least 4 members (excludes halogenated alkanes) is 16. The normalized spacial score (nSPS) is 20.7. The Bertz CT molecular complexity index is 1420. The summed E-state index contributed by atoms with van der Waals surface area (Å²) in [6.45, 7) is 18.6. The standard InChI is InChI=1S/C60H109NO10/c1-7-11-13-15-17-19-21-23-33-53(62)67-42-27-25-35-55(64)69-44-30-38-58(5)47-52-48-59(6,39-31-45-70-57(66)37-29-41-61(9-3)10-4)51-60(49-52,50-58)40-32-46-71-56(65)36-26-28-43-68-54(63)34-24-22-20-18-16-14-12-8-2/h52H,7-51H2,1-6H3. The Morgan fingerprint density at radius 2 is 0.690 bits per heavy atom. The van der Waals surface area contributed by atoms with Crippen molar-refractivity contribution in [1.29, 1.82) is 0 Å². The summed E-state index contributed by atoms with van der Waals surface area (Å²) in [5, 5.41) is 0. The van der Waals surface area contributed by atoms with E-state index in [9.17, 15) is 24.0 Å². The molecular weight excluding hydrogens is 895 g/mol. The molecule has 2 aliphatic carbocycles. The maximum absolute atomic E-state index is 12.8. The average Bonchev–Trinajstić information content (AvgIpc) is 3.33. The zero-order valence-corrected chi connectivity index (χ0v) is 46.9. The highest BCUT2D eigenvalue weighted by molar-refractivity contribution is 5.70.